The summed E-state index contributed by atoms with van der Waals surface area (Å²) in [5, 5.41) is -0.311. The molecular formula is C17H22O3S. The highest BCUT2D eigenvalue weighted by molar-refractivity contribution is 7.91. The van der Waals surface area contributed by atoms with E-state index in [1.165, 1.54) is 11.8 Å². The lowest BCUT2D eigenvalue weighted by Gasteiger charge is -2.27. The molecule has 4 unspecified atom stereocenters. The fraction of sp³-hybridized carbons (Fsp3) is 0.588. The lowest BCUT2D eigenvalue weighted by molar-refractivity contribution is -0.125. The van der Waals surface area contributed by atoms with Gasteiger partial charge in [-0.15, -0.1) is 0 Å². The highest BCUT2D eigenvalue weighted by atomic mass is 32.2. The standard InChI is InChI=1S/C17H22O3S/c1-21(19,20)14-9-5-8-13(10-14)17(18)16-11-15(16)12-6-3-2-4-7-12/h2-4,6-7,13-16H,5,8-11H2,1H3. The first kappa shape index (κ1) is 14.8. The topological polar surface area (TPSA) is 51.2 Å². The molecule has 0 aliphatic heterocycles. The Hall–Kier alpha value is -1.16. The number of hydrogen-bond donors (Lipinski definition) is 0. The predicted octanol–water partition coefficient (Wildman–Crippen LogP) is 2.96. The molecule has 0 heterocycles. The summed E-state index contributed by atoms with van der Waals surface area (Å²) in [5.41, 5.74) is 1.24. The summed E-state index contributed by atoms with van der Waals surface area (Å²) in [7, 11) is -3.02. The van der Waals surface area contributed by atoms with E-state index < -0.39 is 9.84 Å². The molecule has 2 aliphatic carbocycles. The van der Waals surface area contributed by atoms with Crippen LogP contribution in [0.5, 0.6) is 0 Å². The van der Waals surface area contributed by atoms with Crippen LogP contribution in [0.25, 0.3) is 0 Å². The Morgan fingerprint density at radius 2 is 1.81 bits per heavy atom. The predicted molar refractivity (Wildman–Crippen MR) is 82.9 cm³/mol. The van der Waals surface area contributed by atoms with Crippen LogP contribution in [-0.4, -0.2) is 25.7 Å². The molecule has 0 spiro atoms. The lowest BCUT2D eigenvalue weighted by Crippen LogP contribution is -2.31. The fourth-order valence-electron chi connectivity index (χ4n) is 3.67. The molecule has 4 heteroatoms. The largest absolute Gasteiger partial charge is 0.299 e. The number of benzene rings is 1. The van der Waals surface area contributed by atoms with E-state index in [0.29, 0.717) is 18.1 Å². The summed E-state index contributed by atoms with van der Waals surface area (Å²) in [5.74, 6) is 0.738. The lowest BCUT2D eigenvalue weighted by atomic mass is 9.83. The number of Topliss-reactive ketones (excluding diaryl/α,β-unsaturated/α-hetero) is 1. The average molecular weight is 306 g/mol. The van der Waals surface area contributed by atoms with Gasteiger partial charge in [0.05, 0.1) is 5.25 Å². The van der Waals surface area contributed by atoms with Crippen molar-refractivity contribution in [1.29, 1.82) is 0 Å². The summed E-state index contributed by atoms with van der Waals surface area (Å²) < 4.78 is 23.4. The number of ketones is 1. The van der Waals surface area contributed by atoms with E-state index in [0.717, 1.165) is 25.7 Å². The van der Waals surface area contributed by atoms with Crippen molar-refractivity contribution in [2.75, 3.05) is 6.26 Å². The maximum Gasteiger partial charge on any atom is 0.150 e. The Kier molecular flexibility index (Phi) is 3.91. The molecule has 2 saturated carbocycles. The zero-order valence-electron chi connectivity index (χ0n) is 12.4. The van der Waals surface area contributed by atoms with Gasteiger partial charge in [-0.2, -0.15) is 0 Å². The smallest absolute Gasteiger partial charge is 0.150 e. The van der Waals surface area contributed by atoms with E-state index in [1.54, 1.807) is 0 Å². The van der Waals surface area contributed by atoms with Gasteiger partial charge in [0.15, 0.2) is 0 Å². The minimum atomic E-state index is -3.02. The summed E-state index contributed by atoms with van der Waals surface area (Å²) in [6.45, 7) is 0. The molecule has 1 aromatic carbocycles. The highest BCUT2D eigenvalue weighted by Gasteiger charge is 2.47. The Balaban J connectivity index is 1.64. The van der Waals surface area contributed by atoms with Crippen LogP contribution in [0.3, 0.4) is 0 Å². The molecule has 0 radical (unpaired) electrons. The minimum Gasteiger partial charge on any atom is -0.299 e. The number of sulfone groups is 1. The third-order valence-corrected chi connectivity index (χ3v) is 6.66. The monoisotopic (exact) mass is 306 g/mol. The second kappa shape index (κ2) is 5.56. The molecule has 0 amide bonds. The van der Waals surface area contributed by atoms with Crippen molar-refractivity contribution >= 4 is 15.6 Å². The number of rotatable bonds is 4. The molecule has 21 heavy (non-hydrogen) atoms. The van der Waals surface area contributed by atoms with Crippen molar-refractivity contribution in [1.82, 2.24) is 0 Å². The second-order valence-corrected chi connectivity index (χ2v) is 8.90. The van der Waals surface area contributed by atoms with Crippen LogP contribution in [0.1, 0.15) is 43.6 Å². The van der Waals surface area contributed by atoms with Gasteiger partial charge in [0.1, 0.15) is 15.6 Å². The SMILES string of the molecule is CS(=O)(=O)C1CCCC(C(=O)C2CC2c2ccccc2)C1. The van der Waals surface area contributed by atoms with E-state index in [-0.39, 0.29) is 17.1 Å². The van der Waals surface area contributed by atoms with Crippen molar-refractivity contribution < 1.29 is 13.2 Å². The second-order valence-electron chi connectivity index (χ2n) is 6.58. The first-order chi connectivity index (χ1) is 9.97. The van der Waals surface area contributed by atoms with Crippen LogP contribution in [0.2, 0.25) is 0 Å². The zero-order chi connectivity index (χ0) is 15.0. The normalized spacial score (nSPS) is 32.6. The van der Waals surface area contributed by atoms with E-state index in [9.17, 15) is 13.2 Å². The Labute approximate surface area is 126 Å². The van der Waals surface area contributed by atoms with Gasteiger partial charge in [-0.3, -0.25) is 4.79 Å². The molecular weight excluding hydrogens is 284 g/mol. The van der Waals surface area contributed by atoms with Crippen molar-refractivity contribution in [2.24, 2.45) is 11.8 Å². The van der Waals surface area contributed by atoms with Gasteiger partial charge in [-0.1, -0.05) is 36.8 Å². The Morgan fingerprint density at radius 1 is 1.10 bits per heavy atom. The first-order valence-corrected chi connectivity index (χ1v) is 9.70. The van der Waals surface area contributed by atoms with E-state index >= 15 is 0 Å². The molecule has 1 aromatic rings. The third-order valence-electron chi connectivity index (χ3n) is 5.02. The van der Waals surface area contributed by atoms with Gasteiger partial charge in [-0.25, -0.2) is 8.42 Å². The molecule has 0 N–H and O–H groups in total. The first-order valence-electron chi connectivity index (χ1n) is 7.74. The maximum atomic E-state index is 12.6. The van der Waals surface area contributed by atoms with E-state index in [2.05, 4.69) is 12.1 Å². The van der Waals surface area contributed by atoms with Gasteiger partial charge < -0.3 is 0 Å². The van der Waals surface area contributed by atoms with Crippen LogP contribution >= 0.6 is 0 Å². The molecule has 4 atom stereocenters. The third kappa shape index (κ3) is 3.20. The quantitative estimate of drug-likeness (QED) is 0.859. The van der Waals surface area contributed by atoms with Crippen molar-refractivity contribution in [3.8, 4) is 0 Å². The van der Waals surface area contributed by atoms with Gasteiger partial charge in [0.2, 0.25) is 0 Å². The van der Waals surface area contributed by atoms with E-state index in [4.69, 9.17) is 0 Å². The van der Waals surface area contributed by atoms with Gasteiger partial charge in [0, 0.05) is 18.1 Å². The zero-order valence-corrected chi connectivity index (χ0v) is 13.2. The molecule has 0 bridgehead atoms. The van der Waals surface area contributed by atoms with Crippen molar-refractivity contribution in [3.05, 3.63) is 35.9 Å². The van der Waals surface area contributed by atoms with Crippen molar-refractivity contribution in [3.63, 3.8) is 0 Å². The number of carbonyl (C=O) groups excluding carboxylic acids is 1. The Bertz CT molecular complexity index is 621. The van der Waals surface area contributed by atoms with Crippen LogP contribution in [0.4, 0.5) is 0 Å². The average Bonchev–Trinajstić information content (AvgIpc) is 3.27. The fourth-order valence-corrected chi connectivity index (χ4v) is 4.85. The van der Waals surface area contributed by atoms with Gasteiger partial charge >= 0.3 is 0 Å². The summed E-state index contributed by atoms with van der Waals surface area (Å²) in [6.07, 6.45) is 5.21. The maximum absolute atomic E-state index is 12.6. The van der Waals surface area contributed by atoms with E-state index in [1.807, 2.05) is 18.2 Å². The van der Waals surface area contributed by atoms with Gasteiger partial charge in [0.25, 0.3) is 0 Å². The molecule has 0 saturated heterocycles. The van der Waals surface area contributed by atoms with Gasteiger partial charge in [-0.05, 0) is 37.2 Å². The van der Waals surface area contributed by atoms with Crippen LogP contribution in [-0.2, 0) is 14.6 Å². The highest BCUT2D eigenvalue weighted by Crippen LogP contribution is 2.50. The van der Waals surface area contributed by atoms with Crippen LogP contribution in [0, 0.1) is 11.8 Å². The molecule has 114 valence electrons. The molecule has 3 rings (SSSR count). The summed E-state index contributed by atoms with van der Waals surface area (Å²) in [6, 6.07) is 10.2. The Morgan fingerprint density at radius 3 is 2.48 bits per heavy atom. The van der Waals surface area contributed by atoms with Crippen molar-refractivity contribution in [2.45, 2.75) is 43.3 Å². The molecule has 2 aliphatic rings. The molecule has 0 aromatic heterocycles. The summed E-state index contributed by atoms with van der Waals surface area (Å²) >= 11 is 0. The van der Waals surface area contributed by atoms with Crippen LogP contribution < -0.4 is 0 Å². The summed E-state index contributed by atoms with van der Waals surface area (Å²) in [4.78, 5) is 12.6. The number of carbonyl (C=O) groups is 1. The minimum absolute atomic E-state index is 0.0443. The van der Waals surface area contributed by atoms with Crippen LogP contribution in [0.15, 0.2) is 30.3 Å². The molecule has 3 nitrogen and oxygen atoms in total. The number of hydrogen-bond acceptors (Lipinski definition) is 3. The molecule has 2 fully saturated rings.